The third-order valence-corrected chi connectivity index (χ3v) is 8.00. The predicted molar refractivity (Wildman–Crippen MR) is 169 cm³/mol. The van der Waals surface area contributed by atoms with E-state index in [-0.39, 0.29) is 18.5 Å². The lowest BCUT2D eigenvalue weighted by molar-refractivity contribution is 0.00954. The van der Waals surface area contributed by atoms with Crippen LogP contribution < -0.4 is 21.3 Å². The number of hydrogen-bond acceptors (Lipinski definition) is 13. The van der Waals surface area contributed by atoms with Crippen molar-refractivity contribution in [1.29, 1.82) is 0 Å². The van der Waals surface area contributed by atoms with Gasteiger partial charge in [-0.3, -0.25) is 4.90 Å². The first-order valence-corrected chi connectivity index (χ1v) is 15.3. The lowest BCUT2D eigenvalue weighted by Crippen LogP contribution is -2.45. The van der Waals surface area contributed by atoms with Crippen LogP contribution in [0.4, 0.5) is 17.5 Å². The lowest BCUT2D eigenvalue weighted by atomic mass is 9.95. The summed E-state index contributed by atoms with van der Waals surface area (Å²) in [6.07, 6.45) is 2.20. The van der Waals surface area contributed by atoms with Crippen LogP contribution in [-0.4, -0.2) is 88.6 Å². The van der Waals surface area contributed by atoms with E-state index in [2.05, 4.69) is 41.3 Å². The molecule has 2 aromatic carbocycles. The highest BCUT2D eigenvalue weighted by molar-refractivity contribution is 5.95. The van der Waals surface area contributed by atoms with Crippen molar-refractivity contribution in [3.8, 4) is 11.5 Å². The van der Waals surface area contributed by atoms with Gasteiger partial charge in [0.05, 0.1) is 23.8 Å². The quantitative estimate of drug-likeness (QED) is 0.111. The summed E-state index contributed by atoms with van der Waals surface area (Å²) in [6, 6.07) is 14.6. The minimum Gasteiger partial charge on any atom is -0.451 e. The second kappa shape index (κ2) is 13.7. The van der Waals surface area contributed by atoms with Crippen LogP contribution in [0.2, 0.25) is 0 Å². The van der Waals surface area contributed by atoms with Crippen LogP contribution in [0.25, 0.3) is 11.5 Å². The molecule has 0 bridgehead atoms. The van der Waals surface area contributed by atoms with Gasteiger partial charge >= 0.3 is 5.97 Å². The van der Waals surface area contributed by atoms with Crippen LogP contribution in [0.5, 0.6) is 0 Å². The number of nitrogens with one attached hydrogen (secondary N) is 4. The first-order valence-electron chi connectivity index (χ1n) is 15.3. The number of aliphatic hydroxyl groups is 1. The molecule has 1 fully saturated rings. The average Bonchev–Trinajstić information content (AvgIpc) is 3.61. The third-order valence-electron chi connectivity index (χ3n) is 8.00. The zero-order valence-electron chi connectivity index (χ0n) is 25.5. The highest BCUT2D eigenvalue weighted by atomic mass is 16.6. The van der Waals surface area contributed by atoms with Crippen LogP contribution in [0.3, 0.4) is 0 Å². The molecular formula is C32H39N9O4. The molecule has 236 valence electrons. The van der Waals surface area contributed by atoms with Crippen LogP contribution in [-0.2, 0) is 16.8 Å². The molecule has 0 saturated carbocycles. The molecule has 6 rings (SSSR count). The van der Waals surface area contributed by atoms with Gasteiger partial charge in [0.25, 0.3) is 5.89 Å². The highest BCUT2D eigenvalue weighted by Crippen LogP contribution is 2.38. The van der Waals surface area contributed by atoms with E-state index < -0.39 is 11.6 Å². The van der Waals surface area contributed by atoms with E-state index in [4.69, 9.17) is 14.1 Å². The average molecular weight is 614 g/mol. The summed E-state index contributed by atoms with van der Waals surface area (Å²) in [6.45, 7) is 10.4. The minimum atomic E-state index is -0.734. The summed E-state index contributed by atoms with van der Waals surface area (Å²) in [5, 5.41) is 32.2. The molecule has 0 radical (unpaired) electrons. The maximum atomic E-state index is 12.2. The lowest BCUT2D eigenvalue weighted by Gasteiger charge is -2.27. The Morgan fingerprint density at radius 1 is 1.07 bits per heavy atom. The van der Waals surface area contributed by atoms with Gasteiger partial charge in [0.15, 0.2) is 0 Å². The molecule has 0 aliphatic carbocycles. The Morgan fingerprint density at radius 3 is 2.69 bits per heavy atom. The van der Waals surface area contributed by atoms with Gasteiger partial charge in [0.1, 0.15) is 11.4 Å². The van der Waals surface area contributed by atoms with Gasteiger partial charge < -0.3 is 35.5 Å². The SMILES string of the molecule is CC1(C)OC(=O)c2ccc(Nc3ncc(-c4nnc(CCNCCN5CCNCC5)o4)c(N[C@H](CO)c4ccccc4)n3)cc21. The smallest absolute Gasteiger partial charge is 0.339 e. The van der Waals surface area contributed by atoms with E-state index in [1.54, 1.807) is 18.3 Å². The zero-order chi connectivity index (χ0) is 31.2. The standard InChI is InChI=1S/C32H39N9O4/c1-32(2)25-18-22(8-9-23(25)30(43)45-32)36-31-35-19-24(28(38-31)37-26(20-42)21-6-4-3-5-7-21)29-40-39-27(44-29)10-11-33-12-15-41-16-13-34-14-17-41/h3-9,18-19,26,33-34,42H,10-17,20H2,1-2H3,(H2,35,36,37,38)/t26-/m1/s1. The van der Waals surface area contributed by atoms with Crippen molar-refractivity contribution in [2.75, 3.05) is 63.1 Å². The number of carbonyl (C=O) groups is 1. The maximum Gasteiger partial charge on any atom is 0.339 e. The number of aliphatic hydroxyl groups excluding tert-OH is 1. The Labute approximate surface area is 261 Å². The number of aromatic nitrogens is 4. The van der Waals surface area contributed by atoms with Gasteiger partial charge in [0, 0.05) is 69.7 Å². The topological polar surface area (TPSA) is 163 Å². The van der Waals surface area contributed by atoms with Crippen molar-refractivity contribution < 1.29 is 19.1 Å². The molecule has 0 spiro atoms. The number of ether oxygens (including phenoxy) is 1. The second-order valence-corrected chi connectivity index (χ2v) is 11.6. The number of rotatable bonds is 13. The Kier molecular flexibility index (Phi) is 9.31. The molecule has 2 aromatic heterocycles. The zero-order valence-corrected chi connectivity index (χ0v) is 25.5. The number of fused-ring (bicyclic) bond motifs is 1. The fourth-order valence-electron chi connectivity index (χ4n) is 5.52. The molecule has 13 nitrogen and oxygen atoms in total. The first kappa shape index (κ1) is 30.6. The maximum absolute atomic E-state index is 12.2. The molecule has 0 unspecified atom stereocenters. The Morgan fingerprint density at radius 2 is 1.89 bits per heavy atom. The number of cyclic esters (lactones) is 1. The summed E-state index contributed by atoms with van der Waals surface area (Å²) in [5.41, 5.74) is 2.69. The molecule has 4 aromatic rings. The van der Waals surface area contributed by atoms with Crippen molar-refractivity contribution in [2.45, 2.75) is 31.9 Å². The van der Waals surface area contributed by atoms with E-state index in [1.165, 1.54) is 0 Å². The van der Waals surface area contributed by atoms with Crippen molar-refractivity contribution in [3.63, 3.8) is 0 Å². The number of piperazine rings is 1. The minimum absolute atomic E-state index is 0.168. The third kappa shape index (κ3) is 7.28. The molecule has 1 saturated heterocycles. The van der Waals surface area contributed by atoms with Gasteiger partial charge in [-0.15, -0.1) is 10.2 Å². The van der Waals surface area contributed by atoms with E-state index in [9.17, 15) is 9.90 Å². The normalized spacial score (nSPS) is 16.6. The molecule has 1 atom stereocenters. The summed E-state index contributed by atoms with van der Waals surface area (Å²) in [5.74, 6) is 1.17. The van der Waals surface area contributed by atoms with E-state index in [1.807, 2.05) is 50.2 Å². The first-order chi connectivity index (χ1) is 21.9. The molecule has 2 aliphatic rings. The largest absolute Gasteiger partial charge is 0.451 e. The number of esters is 1. The Hall–Kier alpha value is -4.43. The molecule has 45 heavy (non-hydrogen) atoms. The summed E-state index contributed by atoms with van der Waals surface area (Å²) < 4.78 is 11.5. The van der Waals surface area contributed by atoms with Crippen molar-refractivity contribution in [1.82, 2.24) is 35.7 Å². The van der Waals surface area contributed by atoms with Crippen LogP contribution in [0, 0.1) is 0 Å². The summed E-state index contributed by atoms with van der Waals surface area (Å²) >= 11 is 0. The van der Waals surface area contributed by atoms with E-state index in [0.717, 1.165) is 50.4 Å². The van der Waals surface area contributed by atoms with Crippen LogP contribution in [0.1, 0.15) is 47.3 Å². The fourth-order valence-corrected chi connectivity index (χ4v) is 5.52. The van der Waals surface area contributed by atoms with Crippen molar-refractivity contribution in [3.05, 3.63) is 77.3 Å². The van der Waals surface area contributed by atoms with Gasteiger partial charge in [0.2, 0.25) is 11.8 Å². The fraction of sp³-hybridized carbons (Fsp3) is 0.406. The highest BCUT2D eigenvalue weighted by Gasteiger charge is 2.37. The van der Waals surface area contributed by atoms with Gasteiger partial charge in [-0.05, 0) is 37.6 Å². The van der Waals surface area contributed by atoms with Gasteiger partial charge in [-0.2, -0.15) is 4.98 Å². The molecule has 5 N–H and O–H groups in total. The Bertz CT molecular complexity index is 1610. The van der Waals surface area contributed by atoms with E-state index >= 15 is 0 Å². The van der Waals surface area contributed by atoms with Crippen LogP contribution >= 0.6 is 0 Å². The van der Waals surface area contributed by atoms with Gasteiger partial charge in [-0.25, -0.2) is 9.78 Å². The number of benzene rings is 2. The monoisotopic (exact) mass is 613 g/mol. The second-order valence-electron chi connectivity index (χ2n) is 11.6. The molecular weight excluding hydrogens is 574 g/mol. The molecule has 0 amide bonds. The van der Waals surface area contributed by atoms with Crippen LogP contribution in [0.15, 0.2) is 59.1 Å². The molecule has 2 aliphatic heterocycles. The molecule has 4 heterocycles. The number of nitrogens with zero attached hydrogens (tertiary/aromatic N) is 5. The van der Waals surface area contributed by atoms with E-state index in [0.29, 0.717) is 47.4 Å². The predicted octanol–water partition coefficient (Wildman–Crippen LogP) is 2.86. The summed E-state index contributed by atoms with van der Waals surface area (Å²) in [4.78, 5) is 24.0. The Balaban J connectivity index is 1.19. The number of carbonyl (C=O) groups excluding carboxylic acids is 1. The van der Waals surface area contributed by atoms with Crippen molar-refractivity contribution >= 4 is 23.4 Å². The number of hydrogen-bond donors (Lipinski definition) is 5. The number of anilines is 3. The summed E-state index contributed by atoms with van der Waals surface area (Å²) in [7, 11) is 0. The van der Waals surface area contributed by atoms with Crippen molar-refractivity contribution in [2.24, 2.45) is 0 Å². The van der Waals surface area contributed by atoms with Gasteiger partial charge in [-0.1, -0.05) is 30.3 Å². The molecule has 13 heteroatoms.